The molecule has 0 unspecified atom stereocenters. The molecule has 2 heteroatoms. The Hall–Kier alpha value is -8.14. The van der Waals surface area contributed by atoms with Crippen LogP contribution in [-0.2, 0) is 10.8 Å². The molecule has 0 bridgehead atoms. The molecule has 72 heavy (non-hydrogen) atoms. The molecule has 2 aromatic heterocycles. The first kappa shape index (κ1) is 41.6. The highest BCUT2D eigenvalue weighted by atomic mass is 32.1. The minimum Gasteiger partial charge on any atom is -0.144 e. The molecule has 2 heterocycles. The van der Waals surface area contributed by atoms with Gasteiger partial charge in [0.25, 0.3) is 0 Å². The van der Waals surface area contributed by atoms with Crippen molar-refractivity contribution in [1.29, 1.82) is 0 Å². The molecule has 0 fully saturated rings. The quantitative estimate of drug-likeness (QED) is 0.156. The van der Waals surface area contributed by atoms with Gasteiger partial charge in [0, 0.05) is 14.6 Å². The van der Waals surface area contributed by atoms with Crippen molar-refractivity contribution in [3.63, 3.8) is 0 Å². The molecule has 0 saturated carbocycles. The lowest BCUT2D eigenvalue weighted by molar-refractivity contribution is 0.765. The van der Waals surface area contributed by atoms with Crippen LogP contribution in [-0.4, -0.2) is 0 Å². The third kappa shape index (κ3) is 5.74. The van der Waals surface area contributed by atoms with Crippen molar-refractivity contribution in [3.05, 3.63) is 297 Å². The standard InChI is InChI=1S/C70H46S2/c1-43-35-48(54-26-15-18-45-17-9-10-23-53(45)54)40-65-68(43)59-42-63-58(41-64(59)70(65)60-27-13-11-24-55(60)56-25-12-14-28-61(56)70)57-32-31-46(39-62(57)69(63,51-19-5-3-6-20-51)52-21-7-4-8-22-52)47-36-49(66-29-16-34-71-66)38-50(37-47)67-33-30-44(2)72-67/h3-42H,1-2H3. The molecule has 15 rings (SSSR count). The van der Waals surface area contributed by atoms with Crippen molar-refractivity contribution in [2.24, 2.45) is 0 Å². The fraction of sp³-hybridized carbons (Fsp3) is 0.0571. The highest BCUT2D eigenvalue weighted by Gasteiger charge is 2.55. The molecule has 1 spiro atoms. The van der Waals surface area contributed by atoms with E-state index >= 15 is 0 Å². The molecule has 0 nitrogen and oxygen atoms in total. The molecule has 0 N–H and O–H groups in total. The number of aryl methyl sites for hydroxylation is 2. The van der Waals surface area contributed by atoms with Crippen LogP contribution in [0.15, 0.2) is 242 Å². The molecule has 0 atom stereocenters. The zero-order valence-electron chi connectivity index (χ0n) is 39.9. The van der Waals surface area contributed by atoms with E-state index in [-0.39, 0.29) is 0 Å². The Labute approximate surface area is 428 Å². The second-order valence-electron chi connectivity index (χ2n) is 20.0. The van der Waals surface area contributed by atoms with Crippen LogP contribution in [0.25, 0.3) is 87.3 Å². The Balaban J connectivity index is 1.04. The van der Waals surface area contributed by atoms with Crippen molar-refractivity contribution in [1.82, 2.24) is 0 Å². The van der Waals surface area contributed by atoms with Crippen molar-refractivity contribution in [3.8, 4) is 76.5 Å². The Morgan fingerprint density at radius 1 is 0.319 bits per heavy atom. The minimum atomic E-state index is -0.616. The fourth-order valence-corrected chi connectivity index (χ4v) is 14.9. The van der Waals surface area contributed by atoms with Gasteiger partial charge in [-0.15, -0.1) is 22.7 Å². The Kier molecular flexibility index (Phi) is 9.06. The number of hydrogen-bond donors (Lipinski definition) is 0. The summed E-state index contributed by atoms with van der Waals surface area (Å²) in [6.45, 7) is 4.56. The van der Waals surface area contributed by atoms with Crippen LogP contribution in [0, 0.1) is 13.8 Å². The lowest BCUT2D eigenvalue weighted by Gasteiger charge is -2.35. The van der Waals surface area contributed by atoms with E-state index in [2.05, 4.69) is 256 Å². The van der Waals surface area contributed by atoms with Crippen LogP contribution < -0.4 is 0 Å². The SMILES string of the molecule is Cc1ccc(-c2cc(-c3ccc4c(c3)C(c3ccccc3)(c3ccccc3)c3cc5c(cc3-4)C3(c4ccccc4-c4ccccc43)c3cc(-c4cccc6ccccc46)cc(C)c3-5)cc(-c3cccs3)c2)s1. The zero-order valence-corrected chi connectivity index (χ0v) is 41.5. The van der Waals surface area contributed by atoms with Gasteiger partial charge in [-0.25, -0.2) is 0 Å². The second kappa shape index (κ2) is 15.7. The first-order valence-electron chi connectivity index (χ1n) is 25.0. The van der Waals surface area contributed by atoms with Crippen molar-refractivity contribution in [2.45, 2.75) is 24.7 Å². The maximum absolute atomic E-state index is 2.64. The Morgan fingerprint density at radius 2 is 0.903 bits per heavy atom. The smallest absolute Gasteiger partial charge is 0.0726 e. The van der Waals surface area contributed by atoms with E-state index in [1.165, 1.54) is 142 Å². The number of fused-ring (bicyclic) bond motifs is 14. The average molecular weight is 951 g/mol. The van der Waals surface area contributed by atoms with Gasteiger partial charge >= 0.3 is 0 Å². The number of rotatable bonds is 6. The highest BCUT2D eigenvalue weighted by Crippen LogP contribution is 2.67. The molecule has 0 aliphatic heterocycles. The first-order valence-corrected chi connectivity index (χ1v) is 26.7. The van der Waals surface area contributed by atoms with E-state index in [1.807, 2.05) is 11.3 Å². The lowest BCUT2D eigenvalue weighted by atomic mass is 9.66. The van der Waals surface area contributed by atoms with Gasteiger partial charge < -0.3 is 0 Å². The van der Waals surface area contributed by atoms with Crippen molar-refractivity contribution in [2.75, 3.05) is 0 Å². The summed E-state index contributed by atoms with van der Waals surface area (Å²) < 4.78 is 0. The highest BCUT2D eigenvalue weighted by molar-refractivity contribution is 7.15. The number of benzene rings is 10. The van der Waals surface area contributed by atoms with Crippen molar-refractivity contribution < 1.29 is 0 Å². The Bertz CT molecular complexity index is 4080. The molecular formula is C70H46S2. The van der Waals surface area contributed by atoms with Gasteiger partial charge in [-0.3, -0.25) is 0 Å². The van der Waals surface area contributed by atoms with Gasteiger partial charge in [-0.05, 0) is 207 Å². The van der Waals surface area contributed by atoms with Crippen LogP contribution >= 0.6 is 22.7 Å². The molecule has 3 aliphatic rings. The molecule has 0 saturated heterocycles. The van der Waals surface area contributed by atoms with Crippen LogP contribution in [0.4, 0.5) is 0 Å². The van der Waals surface area contributed by atoms with Gasteiger partial charge in [-0.1, -0.05) is 176 Å². The summed E-state index contributed by atoms with van der Waals surface area (Å²) in [7, 11) is 0. The van der Waals surface area contributed by atoms with Gasteiger partial charge in [0.05, 0.1) is 10.8 Å². The van der Waals surface area contributed by atoms with E-state index in [9.17, 15) is 0 Å². The van der Waals surface area contributed by atoms with Gasteiger partial charge in [-0.2, -0.15) is 0 Å². The van der Waals surface area contributed by atoms with Gasteiger partial charge in [0.15, 0.2) is 0 Å². The normalized spacial score (nSPS) is 13.9. The molecule has 0 radical (unpaired) electrons. The molecular weight excluding hydrogens is 905 g/mol. The maximum Gasteiger partial charge on any atom is 0.0726 e. The summed E-state index contributed by atoms with van der Waals surface area (Å²) in [6.07, 6.45) is 0. The third-order valence-electron chi connectivity index (χ3n) is 16.3. The zero-order chi connectivity index (χ0) is 47.7. The van der Waals surface area contributed by atoms with Crippen LogP contribution in [0.2, 0.25) is 0 Å². The fourth-order valence-electron chi connectivity index (χ4n) is 13.4. The van der Waals surface area contributed by atoms with E-state index in [0.29, 0.717) is 0 Å². The van der Waals surface area contributed by atoms with E-state index < -0.39 is 10.8 Å². The predicted molar refractivity (Wildman–Crippen MR) is 305 cm³/mol. The molecule has 338 valence electrons. The van der Waals surface area contributed by atoms with Crippen LogP contribution in [0.5, 0.6) is 0 Å². The van der Waals surface area contributed by atoms with E-state index in [4.69, 9.17) is 0 Å². The van der Waals surface area contributed by atoms with E-state index in [0.717, 1.165) is 0 Å². The summed E-state index contributed by atoms with van der Waals surface area (Å²) >= 11 is 3.67. The summed E-state index contributed by atoms with van der Waals surface area (Å²) in [5, 5.41) is 4.72. The maximum atomic E-state index is 2.64. The van der Waals surface area contributed by atoms with Crippen LogP contribution in [0.1, 0.15) is 54.9 Å². The summed E-state index contributed by atoms with van der Waals surface area (Å²) in [5.41, 5.74) is 26.1. The number of thiophene rings is 2. The second-order valence-corrected chi connectivity index (χ2v) is 22.2. The minimum absolute atomic E-state index is 0.540. The molecule has 0 amide bonds. The first-order chi connectivity index (χ1) is 35.5. The topological polar surface area (TPSA) is 0 Å². The summed E-state index contributed by atoms with van der Waals surface area (Å²) in [6, 6.07) is 90.6. The van der Waals surface area contributed by atoms with E-state index in [1.54, 1.807) is 11.3 Å². The number of hydrogen-bond acceptors (Lipinski definition) is 2. The Morgan fingerprint density at radius 3 is 1.61 bits per heavy atom. The monoisotopic (exact) mass is 950 g/mol. The third-order valence-corrected chi connectivity index (χ3v) is 18.2. The molecule has 3 aliphatic carbocycles. The molecule has 10 aromatic carbocycles. The summed E-state index contributed by atoms with van der Waals surface area (Å²) in [5.74, 6) is 0. The molecule has 12 aromatic rings. The van der Waals surface area contributed by atoms with Crippen molar-refractivity contribution >= 4 is 33.4 Å². The predicted octanol–water partition coefficient (Wildman–Crippen LogP) is 19.0. The summed E-state index contributed by atoms with van der Waals surface area (Å²) in [4.78, 5) is 3.89. The average Bonchev–Trinajstić information content (AvgIpc) is 4.28. The van der Waals surface area contributed by atoms with Crippen LogP contribution in [0.3, 0.4) is 0 Å². The lowest BCUT2D eigenvalue weighted by Crippen LogP contribution is -2.29. The van der Waals surface area contributed by atoms with Gasteiger partial charge in [0.1, 0.15) is 0 Å². The van der Waals surface area contributed by atoms with Gasteiger partial charge in [0.2, 0.25) is 0 Å². The largest absolute Gasteiger partial charge is 0.144 e.